The molecule has 0 saturated carbocycles. The zero-order valence-corrected chi connectivity index (χ0v) is 12.7. The van der Waals surface area contributed by atoms with Crippen LogP contribution in [0.1, 0.15) is 18.1 Å². The van der Waals surface area contributed by atoms with E-state index in [1.807, 2.05) is 49.4 Å². The normalized spacial score (nSPS) is 15.7. The molecular weight excluding hydrogens is 274 g/mol. The average molecular weight is 291 g/mol. The van der Waals surface area contributed by atoms with Crippen molar-refractivity contribution in [2.45, 2.75) is 19.4 Å². The number of hydrogen-bond donors (Lipinski definition) is 0. The van der Waals surface area contributed by atoms with Gasteiger partial charge in [-0.2, -0.15) is 0 Å². The third-order valence-corrected chi connectivity index (χ3v) is 3.83. The van der Waals surface area contributed by atoms with E-state index in [4.69, 9.17) is 4.74 Å². The molecule has 0 N–H and O–H groups in total. The van der Waals surface area contributed by atoms with Gasteiger partial charge in [0.1, 0.15) is 5.75 Å². The van der Waals surface area contributed by atoms with Crippen LogP contribution in [0.3, 0.4) is 0 Å². The molecule has 110 valence electrons. The minimum atomic E-state index is -0.159. The Morgan fingerprint density at radius 1 is 1.18 bits per heavy atom. The molecule has 3 rings (SSSR count). The summed E-state index contributed by atoms with van der Waals surface area (Å²) in [5.74, 6) is 6.29. The molecule has 2 aromatic carbocycles. The summed E-state index contributed by atoms with van der Waals surface area (Å²) in [4.78, 5) is 14.2. The summed E-state index contributed by atoms with van der Waals surface area (Å²) in [6, 6.07) is 15.5. The molecule has 1 heterocycles. The summed E-state index contributed by atoms with van der Waals surface area (Å²) in [6.45, 7) is 2.05. The highest BCUT2D eigenvalue weighted by molar-refractivity contribution is 6.07. The van der Waals surface area contributed by atoms with Gasteiger partial charge in [0.15, 0.2) is 0 Å². The number of carbonyl (C=O) groups excluding carboxylic acids is 1. The molecular formula is C19H17NO2. The number of ether oxygens (including phenoxy) is 1. The molecule has 1 aliphatic heterocycles. The molecule has 3 heteroatoms. The predicted octanol–water partition coefficient (Wildman–Crippen LogP) is 3.02. The van der Waals surface area contributed by atoms with Crippen molar-refractivity contribution < 1.29 is 9.53 Å². The number of methoxy groups -OCH3 is 1. The number of amides is 1. The monoisotopic (exact) mass is 291 g/mol. The van der Waals surface area contributed by atoms with Crippen LogP contribution in [0.15, 0.2) is 48.5 Å². The van der Waals surface area contributed by atoms with Crippen LogP contribution in [0.2, 0.25) is 0 Å². The second-order valence-corrected chi connectivity index (χ2v) is 5.34. The van der Waals surface area contributed by atoms with E-state index in [1.165, 1.54) is 5.56 Å². The Balaban J connectivity index is 1.82. The Hall–Kier alpha value is -2.73. The Labute approximate surface area is 130 Å². The average Bonchev–Trinajstić information content (AvgIpc) is 2.89. The van der Waals surface area contributed by atoms with Crippen LogP contribution in [-0.2, 0) is 11.2 Å². The van der Waals surface area contributed by atoms with Crippen LogP contribution in [0, 0.1) is 11.8 Å². The number of anilines is 1. The number of rotatable bonds is 1. The number of benzene rings is 2. The van der Waals surface area contributed by atoms with Gasteiger partial charge in [-0.05, 0) is 49.2 Å². The standard InChI is InChI=1S/C19H17NO2/c1-14-13-16-5-3-4-6-18(16)20(14)19(21)12-9-15-7-10-17(22-2)11-8-15/h3-8,10-11,14H,13H2,1-2H3. The van der Waals surface area contributed by atoms with Crippen molar-refractivity contribution >= 4 is 11.6 Å². The lowest BCUT2D eigenvalue weighted by Crippen LogP contribution is -2.34. The van der Waals surface area contributed by atoms with Crippen molar-refractivity contribution in [1.82, 2.24) is 0 Å². The fourth-order valence-corrected chi connectivity index (χ4v) is 2.74. The topological polar surface area (TPSA) is 29.5 Å². The van der Waals surface area contributed by atoms with Gasteiger partial charge in [0.25, 0.3) is 0 Å². The molecule has 1 aliphatic rings. The number of fused-ring (bicyclic) bond motifs is 1. The van der Waals surface area contributed by atoms with Crippen molar-refractivity contribution in [1.29, 1.82) is 0 Å². The van der Waals surface area contributed by atoms with Gasteiger partial charge >= 0.3 is 5.91 Å². The number of hydrogen-bond acceptors (Lipinski definition) is 2. The quantitative estimate of drug-likeness (QED) is 0.756. The minimum absolute atomic E-state index is 0.148. The van der Waals surface area contributed by atoms with E-state index in [0.717, 1.165) is 23.4 Å². The van der Waals surface area contributed by atoms with Gasteiger partial charge in [0.2, 0.25) is 0 Å². The van der Waals surface area contributed by atoms with Gasteiger partial charge in [-0.3, -0.25) is 9.69 Å². The van der Waals surface area contributed by atoms with E-state index in [9.17, 15) is 4.79 Å². The van der Waals surface area contributed by atoms with Crippen molar-refractivity contribution in [3.63, 3.8) is 0 Å². The molecule has 0 radical (unpaired) electrons. The van der Waals surface area contributed by atoms with E-state index in [1.54, 1.807) is 12.0 Å². The SMILES string of the molecule is COc1ccc(C#CC(=O)N2c3ccccc3CC2C)cc1. The van der Waals surface area contributed by atoms with Crippen molar-refractivity contribution in [3.8, 4) is 17.6 Å². The third-order valence-electron chi connectivity index (χ3n) is 3.83. The van der Waals surface area contributed by atoms with Gasteiger partial charge in [-0.25, -0.2) is 0 Å². The first-order chi connectivity index (χ1) is 10.7. The van der Waals surface area contributed by atoms with Crippen LogP contribution in [0.25, 0.3) is 0 Å². The Morgan fingerprint density at radius 3 is 2.64 bits per heavy atom. The van der Waals surface area contributed by atoms with E-state index >= 15 is 0 Å². The molecule has 0 aliphatic carbocycles. The summed E-state index contributed by atoms with van der Waals surface area (Å²) in [5, 5.41) is 0. The summed E-state index contributed by atoms with van der Waals surface area (Å²) in [5.41, 5.74) is 2.98. The molecule has 0 aromatic heterocycles. The second kappa shape index (κ2) is 5.95. The van der Waals surface area contributed by atoms with Crippen molar-refractivity contribution in [2.75, 3.05) is 12.0 Å². The lowest BCUT2D eigenvalue weighted by atomic mass is 10.1. The zero-order chi connectivity index (χ0) is 15.5. The van der Waals surface area contributed by atoms with E-state index in [0.29, 0.717) is 0 Å². The molecule has 0 bridgehead atoms. The maximum atomic E-state index is 12.4. The zero-order valence-electron chi connectivity index (χ0n) is 12.7. The largest absolute Gasteiger partial charge is 0.497 e. The highest BCUT2D eigenvalue weighted by Gasteiger charge is 2.29. The number of para-hydroxylation sites is 1. The van der Waals surface area contributed by atoms with Gasteiger partial charge in [0.05, 0.1) is 7.11 Å². The summed E-state index contributed by atoms with van der Waals surface area (Å²) < 4.78 is 5.11. The smallest absolute Gasteiger partial charge is 0.303 e. The molecule has 2 aromatic rings. The molecule has 1 atom stereocenters. The van der Waals surface area contributed by atoms with Gasteiger partial charge < -0.3 is 4.74 Å². The highest BCUT2D eigenvalue weighted by atomic mass is 16.5. The van der Waals surface area contributed by atoms with Crippen LogP contribution >= 0.6 is 0 Å². The van der Waals surface area contributed by atoms with Gasteiger partial charge in [-0.15, -0.1) is 0 Å². The van der Waals surface area contributed by atoms with Crippen LogP contribution < -0.4 is 9.64 Å². The van der Waals surface area contributed by atoms with Crippen molar-refractivity contribution in [2.24, 2.45) is 0 Å². The molecule has 1 unspecified atom stereocenters. The molecule has 3 nitrogen and oxygen atoms in total. The van der Waals surface area contributed by atoms with Gasteiger partial charge in [-0.1, -0.05) is 24.1 Å². The molecule has 22 heavy (non-hydrogen) atoms. The van der Waals surface area contributed by atoms with E-state index in [2.05, 4.69) is 17.9 Å². The summed E-state index contributed by atoms with van der Waals surface area (Å²) in [6.07, 6.45) is 0.881. The van der Waals surface area contributed by atoms with Crippen LogP contribution in [0.5, 0.6) is 5.75 Å². The number of nitrogens with zero attached hydrogens (tertiary/aromatic N) is 1. The molecule has 0 fully saturated rings. The number of carbonyl (C=O) groups is 1. The first-order valence-electron chi connectivity index (χ1n) is 7.26. The minimum Gasteiger partial charge on any atom is -0.497 e. The maximum absolute atomic E-state index is 12.4. The molecule has 0 spiro atoms. The first-order valence-corrected chi connectivity index (χ1v) is 7.26. The van der Waals surface area contributed by atoms with E-state index < -0.39 is 0 Å². The lowest BCUT2D eigenvalue weighted by Gasteiger charge is -2.19. The fraction of sp³-hybridized carbons (Fsp3) is 0.211. The second-order valence-electron chi connectivity index (χ2n) is 5.34. The van der Waals surface area contributed by atoms with E-state index in [-0.39, 0.29) is 11.9 Å². The van der Waals surface area contributed by atoms with Crippen molar-refractivity contribution in [3.05, 3.63) is 59.7 Å². The third kappa shape index (κ3) is 2.68. The van der Waals surface area contributed by atoms with Crippen LogP contribution in [0.4, 0.5) is 5.69 Å². The summed E-state index contributed by atoms with van der Waals surface area (Å²) >= 11 is 0. The fourth-order valence-electron chi connectivity index (χ4n) is 2.74. The molecule has 1 amide bonds. The lowest BCUT2D eigenvalue weighted by molar-refractivity contribution is -0.113. The predicted molar refractivity (Wildman–Crippen MR) is 87.0 cm³/mol. The highest BCUT2D eigenvalue weighted by Crippen LogP contribution is 2.31. The Bertz CT molecular complexity index is 753. The maximum Gasteiger partial charge on any atom is 0.303 e. The Kier molecular flexibility index (Phi) is 3.84. The van der Waals surface area contributed by atoms with Crippen LogP contribution in [-0.4, -0.2) is 19.1 Å². The Morgan fingerprint density at radius 2 is 1.91 bits per heavy atom. The summed E-state index contributed by atoms with van der Waals surface area (Å²) in [7, 11) is 1.62. The first kappa shape index (κ1) is 14.2. The van der Waals surface area contributed by atoms with Gasteiger partial charge in [0, 0.05) is 23.2 Å². The molecule has 0 saturated heterocycles.